The highest BCUT2D eigenvalue weighted by atomic mass is 16.5. The Balaban J connectivity index is 1.89. The Hall–Kier alpha value is -2.61. The number of amides is 3. The molecule has 8 nitrogen and oxygen atoms in total. The largest absolute Gasteiger partial charge is 0.497 e. The number of hydrogen-bond donors (Lipinski definition) is 1. The van der Waals surface area contributed by atoms with Crippen molar-refractivity contribution in [1.82, 2.24) is 15.1 Å². The quantitative estimate of drug-likeness (QED) is 0.762. The second-order valence-corrected chi connectivity index (χ2v) is 7.71. The van der Waals surface area contributed by atoms with Crippen molar-refractivity contribution in [3.8, 4) is 5.75 Å². The van der Waals surface area contributed by atoms with Crippen molar-refractivity contribution in [3.63, 3.8) is 0 Å². The lowest BCUT2D eigenvalue weighted by Crippen LogP contribution is -2.59. The molecule has 164 valence electrons. The smallest absolute Gasteiger partial charge is 0.257 e. The third kappa shape index (κ3) is 4.28. The number of nitrogens with zero attached hydrogens (tertiary/aromatic N) is 2. The molecular weight excluding hydrogens is 386 g/mol. The van der Waals surface area contributed by atoms with Gasteiger partial charge in [-0.3, -0.25) is 19.3 Å². The predicted octanol–water partition coefficient (Wildman–Crippen LogP) is 1.79. The van der Waals surface area contributed by atoms with Crippen LogP contribution in [0.3, 0.4) is 0 Å². The van der Waals surface area contributed by atoms with Crippen molar-refractivity contribution in [2.45, 2.75) is 51.3 Å². The van der Waals surface area contributed by atoms with Crippen molar-refractivity contribution >= 4 is 17.7 Å². The molecule has 30 heavy (non-hydrogen) atoms. The average Bonchev–Trinajstić information content (AvgIpc) is 3.15. The standard InChI is InChI=1S/C22H31N3O5/c1-4-11-23-20(27)18-15-30-22(9-12-24(13-10-22)19(26)5-2)25(18)21(28)16-7-6-8-17(14-16)29-3/h6-8,14,18H,4-5,9-13,15H2,1-3H3,(H,23,27)/t18-/m1/s1. The SMILES string of the molecule is CCCNC(=O)[C@H]1COC2(CCN(C(=O)CC)CC2)N1C(=O)c1cccc(OC)c1. The van der Waals surface area contributed by atoms with E-state index in [0.717, 1.165) is 6.42 Å². The number of likely N-dealkylation sites (tertiary alicyclic amines) is 1. The first-order valence-corrected chi connectivity index (χ1v) is 10.6. The lowest BCUT2D eigenvalue weighted by Gasteiger charge is -2.44. The van der Waals surface area contributed by atoms with Crippen LogP contribution in [0.2, 0.25) is 0 Å². The number of methoxy groups -OCH3 is 1. The van der Waals surface area contributed by atoms with Crippen LogP contribution in [0.1, 0.15) is 49.9 Å². The number of rotatable bonds is 6. The number of carbonyl (C=O) groups is 3. The van der Waals surface area contributed by atoms with Crippen LogP contribution in [0, 0.1) is 0 Å². The van der Waals surface area contributed by atoms with Crippen molar-refractivity contribution in [3.05, 3.63) is 29.8 Å². The van der Waals surface area contributed by atoms with Gasteiger partial charge in [-0.05, 0) is 24.6 Å². The van der Waals surface area contributed by atoms with Gasteiger partial charge in [0.2, 0.25) is 11.8 Å². The minimum absolute atomic E-state index is 0.0887. The Kier molecular flexibility index (Phi) is 6.97. The Morgan fingerprint density at radius 3 is 2.60 bits per heavy atom. The fourth-order valence-corrected chi connectivity index (χ4v) is 4.16. The van der Waals surface area contributed by atoms with Gasteiger partial charge in [-0.15, -0.1) is 0 Å². The summed E-state index contributed by atoms with van der Waals surface area (Å²) in [6.07, 6.45) is 2.21. The molecule has 0 saturated carbocycles. The topological polar surface area (TPSA) is 88.2 Å². The lowest BCUT2D eigenvalue weighted by molar-refractivity contribution is -0.143. The van der Waals surface area contributed by atoms with Gasteiger partial charge in [-0.2, -0.15) is 0 Å². The van der Waals surface area contributed by atoms with Crippen molar-refractivity contribution in [2.24, 2.45) is 0 Å². The summed E-state index contributed by atoms with van der Waals surface area (Å²) < 4.78 is 11.4. The van der Waals surface area contributed by atoms with E-state index in [1.807, 2.05) is 13.8 Å². The molecule has 1 aromatic carbocycles. The van der Waals surface area contributed by atoms with Gasteiger partial charge in [0.25, 0.3) is 5.91 Å². The first-order chi connectivity index (χ1) is 14.5. The number of piperidine rings is 1. The molecule has 2 aliphatic heterocycles. The summed E-state index contributed by atoms with van der Waals surface area (Å²) in [5.74, 6) is 0.187. The molecule has 3 rings (SSSR count). The van der Waals surface area contributed by atoms with Gasteiger partial charge in [0.05, 0.1) is 13.7 Å². The van der Waals surface area contributed by atoms with Gasteiger partial charge in [0, 0.05) is 44.5 Å². The van der Waals surface area contributed by atoms with Gasteiger partial charge < -0.3 is 19.7 Å². The van der Waals surface area contributed by atoms with E-state index in [-0.39, 0.29) is 24.3 Å². The highest BCUT2D eigenvalue weighted by Gasteiger charge is 2.54. The summed E-state index contributed by atoms with van der Waals surface area (Å²) in [6, 6.07) is 6.21. The Morgan fingerprint density at radius 1 is 1.23 bits per heavy atom. The molecule has 2 fully saturated rings. The molecule has 2 heterocycles. The second-order valence-electron chi connectivity index (χ2n) is 7.71. The van der Waals surface area contributed by atoms with Crippen LogP contribution >= 0.6 is 0 Å². The van der Waals surface area contributed by atoms with E-state index in [4.69, 9.17) is 9.47 Å². The van der Waals surface area contributed by atoms with Gasteiger partial charge in [0.1, 0.15) is 17.5 Å². The van der Waals surface area contributed by atoms with Gasteiger partial charge in [0.15, 0.2) is 0 Å². The van der Waals surface area contributed by atoms with E-state index in [1.54, 1.807) is 41.2 Å². The molecule has 0 unspecified atom stereocenters. The van der Waals surface area contributed by atoms with Crippen molar-refractivity contribution < 1.29 is 23.9 Å². The van der Waals surface area contributed by atoms with E-state index in [1.165, 1.54) is 0 Å². The number of ether oxygens (including phenoxy) is 2. The predicted molar refractivity (Wildman–Crippen MR) is 111 cm³/mol. The first-order valence-electron chi connectivity index (χ1n) is 10.6. The molecule has 1 aromatic rings. The van der Waals surface area contributed by atoms with Crippen LogP contribution in [0.15, 0.2) is 24.3 Å². The summed E-state index contributed by atoms with van der Waals surface area (Å²) >= 11 is 0. The van der Waals surface area contributed by atoms with Crippen LogP contribution < -0.4 is 10.1 Å². The van der Waals surface area contributed by atoms with Crippen LogP contribution in [-0.2, 0) is 14.3 Å². The Bertz CT molecular complexity index is 789. The fraction of sp³-hybridized carbons (Fsp3) is 0.591. The molecule has 1 spiro atoms. The van der Waals surface area contributed by atoms with Crippen LogP contribution in [-0.4, -0.2) is 72.6 Å². The van der Waals surface area contributed by atoms with Crippen LogP contribution in [0.5, 0.6) is 5.75 Å². The maximum Gasteiger partial charge on any atom is 0.257 e. The van der Waals surface area contributed by atoms with E-state index in [2.05, 4.69) is 5.32 Å². The van der Waals surface area contributed by atoms with E-state index >= 15 is 0 Å². The number of hydrogen-bond acceptors (Lipinski definition) is 5. The maximum atomic E-state index is 13.6. The molecule has 1 atom stereocenters. The third-order valence-corrected chi connectivity index (χ3v) is 5.85. The maximum absolute atomic E-state index is 13.6. The normalized spacial score (nSPS) is 20.3. The van der Waals surface area contributed by atoms with E-state index < -0.39 is 11.8 Å². The Labute approximate surface area is 177 Å². The zero-order valence-corrected chi connectivity index (χ0v) is 18.0. The van der Waals surface area contributed by atoms with Crippen molar-refractivity contribution in [1.29, 1.82) is 0 Å². The van der Waals surface area contributed by atoms with Gasteiger partial charge in [-0.25, -0.2) is 0 Å². The first kappa shape index (κ1) is 22.1. The summed E-state index contributed by atoms with van der Waals surface area (Å²) in [7, 11) is 1.55. The molecule has 0 aliphatic carbocycles. The molecule has 0 aromatic heterocycles. The highest BCUT2D eigenvalue weighted by molar-refractivity contribution is 5.98. The van der Waals surface area contributed by atoms with Crippen LogP contribution in [0.4, 0.5) is 0 Å². The molecule has 2 saturated heterocycles. The Morgan fingerprint density at radius 2 is 1.97 bits per heavy atom. The zero-order valence-electron chi connectivity index (χ0n) is 18.0. The molecular formula is C22H31N3O5. The summed E-state index contributed by atoms with van der Waals surface area (Å²) in [5, 5.41) is 2.89. The summed E-state index contributed by atoms with van der Waals surface area (Å²) in [6.45, 7) is 5.50. The van der Waals surface area contributed by atoms with E-state index in [0.29, 0.717) is 50.2 Å². The summed E-state index contributed by atoms with van der Waals surface area (Å²) in [4.78, 5) is 41.9. The minimum atomic E-state index is -0.890. The molecule has 1 N–H and O–H groups in total. The molecule has 8 heteroatoms. The second kappa shape index (κ2) is 9.47. The lowest BCUT2D eigenvalue weighted by atomic mass is 9.96. The molecule has 3 amide bonds. The number of benzene rings is 1. The minimum Gasteiger partial charge on any atom is -0.497 e. The molecule has 2 aliphatic rings. The van der Waals surface area contributed by atoms with Crippen LogP contribution in [0.25, 0.3) is 0 Å². The average molecular weight is 418 g/mol. The molecule has 0 bridgehead atoms. The highest BCUT2D eigenvalue weighted by Crippen LogP contribution is 2.38. The monoisotopic (exact) mass is 417 g/mol. The fourth-order valence-electron chi connectivity index (χ4n) is 4.16. The summed E-state index contributed by atoms with van der Waals surface area (Å²) in [5.41, 5.74) is -0.446. The third-order valence-electron chi connectivity index (χ3n) is 5.85. The van der Waals surface area contributed by atoms with E-state index in [9.17, 15) is 14.4 Å². The van der Waals surface area contributed by atoms with Crippen molar-refractivity contribution in [2.75, 3.05) is 33.4 Å². The zero-order chi connectivity index (χ0) is 21.7. The van der Waals surface area contributed by atoms with Gasteiger partial charge in [-0.1, -0.05) is 19.9 Å². The molecule has 0 radical (unpaired) electrons. The number of carbonyl (C=O) groups excluding carboxylic acids is 3. The number of nitrogens with one attached hydrogen (secondary N) is 1. The van der Waals surface area contributed by atoms with Gasteiger partial charge >= 0.3 is 0 Å².